The van der Waals surface area contributed by atoms with Crippen LogP contribution in [0.5, 0.6) is 0 Å². The monoisotopic (exact) mass is 334 g/mol. The number of rotatable bonds is 4. The Morgan fingerprint density at radius 3 is 2.54 bits per heavy atom. The van der Waals surface area contributed by atoms with Crippen LogP contribution in [0, 0.1) is 29.8 Å². The number of nitro benzene ring substituents is 1. The maximum Gasteiger partial charge on any atom is 0.272 e. The number of nitro groups is 1. The molecule has 1 aliphatic rings. The van der Waals surface area contributed by atoms with Crippen molar-refractivity contribution in [1.29, 1.82) is 0 Å². The van der Waals surface area contributed by atoms with Gasteiger partial charge in [-0.3, -0.25) is 15.0 Å². The lowest BCUT2D eigenvalue weighted by atomic mass is 10.2. The summed E-state index contributed by atoms with van der Waals surface area (Å²) in [5.74, 6) is 0.966. The molecule has 0 unspecified atom stereocenters. The van der Waals surface area contributed by atoms with E-state index >= 15 is 0 Å². The second kappa shape index (κ2) is 6.56. The Morgan fingerprint density at radius 1 is 1.29 bits per heavy atom. The van der Waals surface area contributed by atoms with Gasteiger partial charge in [0.1, 0.15) is 5.76 Å². The summed E-state index contributed by atoms with van der Waals surface area (Å²) >= 11 is 0. The third-order valence-corrected chi connectivity index (χ3v) is 4.29. The maximum absolute atomic E-state index is 14.1. The number of anilines is 1. The fraction of sp³-hybridized carbons (Fsp3) is 0.438. The Kier molecular flexibility index (Phi) is 4.48. The molecule has 8 heteroatoms. The molecule has 0 aliphatic carbocycles. The Hall–Kier alpha value is -2.48. The van der Waals surface area contributed by atoms with Crippen molar-refractivity contribution in [3.63, 3.8) is 0 Å². The van der Waals surface area contributed by atoms with Gasteiger partial charge in [-0.15, -0.1) is 0 Å². The normalized spacial score (nSPS) is 15.7. The molecule has 1 fully saturated rings. The summed E-state index contributed by atoms with van der Waals surface area (Å²) in [6.07, 6.45) is 0. The van der Waals surface area contributed by atoms with E-state index in [0.29, 0.717) is 31.2 Å². The van der Waals surface area contributed by atoms with Gasteiger partial charge in [0.2, 0.25) is 5.89 Å². The van der Waals surface area contributed by atoms with E-state index in [0.717, 1.165) is 30.6 Å². The van der Waals surface area contributed by atoms with E-state index < -0.39 is 10.7 Å². The number of aryl methyl sites for hydroxylation is 2. The summed E-state index contributed by atoms with van der Waals surface area (Å²) in [7, 11) is 0. The number of benzene rings is 1. The SMILES string of the molecule is Cc1nc(CN2CCN(c3ccc([N+](=O)[O-])cc3F)CC2)oc1C. The molecule has 0 N–H and O–H groups in total. The van der Waals surface area contributed by atoms with Gasteiger partial charge in [-0.25, -0.2) is 9.37 Å². The van der Waals surface area contributed by atoms with Crippen LogP contribution >= 0.6 is 0 Å². The van der Waals surface area contributed by atoms with E-state index in [2.05, 4.69) is 9.88 Å². The number of aromatic nitrogens is 1. The van der Waals surface area contributed by atoms with E-state index in [1.807, 2.05) is 18.7 Å². The van der Waals surface area contributed by atoms with Crippen molar-refractivity contribution in [2.24, 2.45) is 0 Å². The van der Waals surface area contributed by atoms with Gasteiger partial charge in [0.25, 0.3) is 5.69 Å². The lowest BCUT2D eigenvalue weighted by molar-refractivity contribution is -0.385. The van der Waals surface area contributed by atoms with Gasteiger partial charge in [0, 0.05) is 32.2 Å². The van der Waals surface area contributed by atoms with Crippen molar-refractivity contribution >= 4 is 11.4 Å². The lowest BCUT2D eigenvalue weighted by Gasteiger charge is -2.35. The summed E-state index contributed by atoms with van der Waals surface area (Å²) in [5, 5.41) is 10.7. The largest absolute Gasteiger partial charge is 0.444 e. The van der Waals surface area contributed by atoms with E-state index in [4.69, 9.17) is 4.42 Å². The zero-order chi connectivity index (χ0) is 17.3. The molecule has 3 rings (SSSR count). The number of non-ortho nitro benzene ring substituents is 1. The number of hydrogen-bond donors (Lipinski definition) is 0. The maximum atomic E-state index is 14.1. The minimum Gasteiger partial charge on any atom is -0.444 e. The molecular formula is C16H19FN4O3. The van der Waals surface area contributed by atoms with E-state index in [9.17, 15) is 14.5 Å². The second-order valence-corrected chi connectivity index (χ2v) is 5.91. The van der Waals surface area contributed by atoms with Gasteiger partial charge in [0.05, 0.1) is 28.9 Å². The summed E-state index contributed by atoms with van der Waals surface area (Å²) in [6, 6.07) is 3.78. The molecule has 1 saturated heterocycles. The fourth-order valence-electron chi connectivity index (χ4n) is 2.81. The standard InChI is InChI=1S/C16H19FN4O3/c1-11-12(2)24-16(18-11)10-19-5-7-20(8-6-19)15-4-3-13(21(22)23)9-14(15)17/h3-4,9H,5-8,10H2,1-2H3. The van der Waals surface area contributed by atoms with Crippen molar-refractivity contribution in [2.75, 3.05) is 31.1 Å². The van der Waals surface area contributed by atoms with Crippen LogP contribution in [-0.4, -0.2) is 41.0 Å². The number of hydrogen-bond acceptors (Lipinski definition) is 6. The predicted molar refractivity (Wildman–Crippen MR) is 86.5 cm³/mol. The van der Waals surface area contributed by atoms with Crippen LogP contribution < -0.4 is 4.90 Å². The predicted octanol–water partition coefficient (Wildman–Crippen LogP) is 2.66. The molecule has 0 spiro atoms. The number of nitrogens with zero attached hydrogens (tertiary/aromatic N) is 4. The van der Waals surface area contributed by atoms with Crippen molar-refractivity contribution in [3.8, 4) is 0 Å². The number of oxazole rings is 1. The zero-order valence-electron chi connectivity index (χ0n) is 13.7. The Morgan fingerprint density at radius 2 is 2.00 bits per heavy atom. The molecule has 0 saturated carbocycles. The quantitative estimate of drug-likeness (QED) is 0.632. The first kappa shape index (κ1) is 16.4. The fourth-order valence-corrected chi connectivity index (χ4v) is 2.81. The minimum atomic E-state index is -0.592. The smallest absolute Gasteiger partial charge is 0.272 e. The van der Waals surface area contributed by atoms with Crippen molar-refractivity contribution < 1.29 is 13.7 Å². The molecule has 128 valence electrons. The Bertz CT molecular complexity index is 734. The van der Waals surface area contributed by atoms with Gasteiger partial charge >= 0.3 is 0 Å². The molecule has 0 bridgehead atoms. The van der Waals surface area contributed by atoms with Gasteiger partial charge in [-0.05, 0) is 19.9 Å². The molecule has 24 heavy (non-hydrogen) atoms. The highest BCUT2D eigenvalue weighted by Gasteiger charge is 2.22. The van der Waals surface area contributed by atoms with E-state index in [1.165, 1.54) is 12.1 Å². The van der Waals surface area contributed by atoms with Gasteiger partial charge in [0.15, 0.2) is 5.82 Å². The highest BCUT2D eigenvalue weighted by atomic mass is 19.1. The summed E-state index contributed by atoms with van der Waals surface area (Å²) in [6.45, 7) is 7.22. The second-order valence-electron chi connectivity index (χ2n) is 5.91. The molecule has 1 aromatic heterocycles. The molecule has 7 nitrogen and oxygen atoms in total. The van der Waals surface area contributed by atoms with E-state index in [1.54, 1.807) is 0 Å². The summed E-state index contributed by atoms with van der Waals surface area (Å²) in [4.78, 5) is 18.6. The lowest BCUT2D eigenvalue weighted by Crippen LogP contribution is -2.46. The summed E-state index contributed by atoms with van der Waals surface area (Å²) in [5.41, 5.74) is 1.07. The molecule has 1 aliphatic heterocycles. The first-order valence-electron chi connectivity index (χ1n) is 7.78. The first-order valence-corrected chi connectivity index (χ1v) is 7.78. The van der Waals surface area contributed by atoms with Crippen molar-refractivity contribution in [3.05, 3.63) is 51.5 Å². The third kappa shape index (κ3) is 3.38. The van der Waals surface area contributed by atoms with Crippen LogP contribution in [0.1, 0.15) is 17.3 Å². The number of halogens is 1. The highest BCUT2D eigenvalue weighted by Crippen LogP contribution is 2.25. The van der Waals surface area contributed by atoms with Crippen LogP contribution in [-0.2, 0) is 6.54 Å². The Labute approximate surface area is 138 Å². The van der Waals surface area contributed by atoms with E-state index in [-0.39, 0.29) is 5.69 Å². The van der Waals surface area contributed by atoms with Crippen molar-refractivity contribution in [1.82, 2.24) is 9.88 Å². The van der Waals surface area contributed by atoms with Crippen molar-refractivity contribution in [2.45, 2.75) is 20.4 Å². The average Bonchev–Trinajstić information content (AvgIpc) is 2.86. The van der Waals surface area contributed by atoms with Gasteiger partial charge in [-0.2, -0.15) is 0 Å². The Balaban J connectivity index is 1.61. The van der Waals surface area contributed by atoms with Crippen LogP contribution in [0.4, 0.5) is 15.8 Å². The van der Waals surface area contributed by atoms with Crippen LogP contribution in [0.25, 0.3) is 0 Å². The minimum absolute atomic E-state index is 0.232. The molecular weight excluding hydrogens is 315 g/mol. The van der Waals surface area contributed by atoms with Gasteiger partial charge in [-0.1, -0.05) is 0 Å². The van der Waals surface area contributed by atoms with Crippen LogP contribution in [0.15, 0.2) is 22.6 Å². The number of piperazine rings is 1. The van der Waals surface area contributed by atoms with Crippen LogP contribution in [0.2, 0.25) is 0 Å². The molecule has 0 radical (unpaired) electrons. The molecule has 0 atom stereocenters. The first-order chi connectivity index (χ1) is 11.4. The van der Waals surface area contributed by atoms with Crippen LogP contribution in [0.3, 0.4) is 0 Å². The third-order valence-electron chi connectivity index (χ3n) is 4.29. The zero-order valence-corrected chi connectivity index (χ0v) is 13.7. The highest BCUT2D eigenvalue weighted by molar-refractivity contribution is 5.52. The summed E-state index contributed by atoms with van der Waals surface area (Å²) < 4.78 is 19.7. The topological polar surface area (TPSA) is 75.7 Å². The molecule has 2 heterocycles. The average molecular weight is 334 g/mol. The molecule has 1 aromatic carbocycles. The molecule has 0 amide bonds. The molecule has 2 aromatic rings. The van der Waals surface area contributed by atoms with Gasteiger partial charge < -0.3 is 9.32 Å².